The SMILES string of the molecule is Nc1ccnc(NCCc2c[nH]c3ccc(OC(F)(F)F)cc23)n1. The maximum absolute atomic E-state index is 12.3. The summed E-state index contributed by atoms with van der Waals surface area (Å²) in [5, 5.41) is 3.69. The maximum Gasteiger partial charge on any atom is 0.573 e. The molecule has 0 aliphatic carbocycles. The van der Waals surface area contributed by atoms with Crippen LogP contribution in [0.15, 0.2) is 36.7 Å². The van der Waals surface area contributed by atoms with Gasteiger partial charge >= 0.3 is 6.36 Å². The second-order valence-electron chi connectivity index (χ2n) is 5.05. The van der Waals surface area contributed by atoms with E-state index in [2.05, 4.69) is 25.0 Å². The first-order chi connectivity index (χ1) is 11.4. The van der Waals surface area contributed by atoms with Crippen molar-refractivity contribution >= 4 is 22.7 Å². The maximum atomic E-state index is 12.3. The summed E-state index contributed by atoms with van der Waals surface area (Å²) in [6.45, 7) is 0.501. The molecule has 0 saturated heterocycles. The van der Waals surface area contributed by atoms with E-state index in [1.807, 2.05) is 0 Å². The van der Waals surface area contributed by atoms with Crippen LogP contribution in [-0.2, 0) is 6.42 Å². The Balaban J connectivity index is 1.71. The van der Waals surface area contributed by atoms with Crippen molar-refractivity contribution in [3.63, 3.8) is 0 Å². The predicted octanol–water partition coefficient (Wildman–Crippen LogP) is 3.09. The number of aromatic nitrogens is 3. The molecule has 0 amide bonds. The molecule has 9 heteroatoms. The van der Waals surface area contributed by atoms with Crippen LogP contribution in [-0.4, -0.2) is 27.9 Å². The van der Waals surface area contributed by atoms with Crippen LogP contribution in [0, 0.1) is 0 Å². The van der Waals surface area contributed by atoms with Gasteiger partial charge in [-0.25, -0.2) is 4.98 Å². The highest BCUT2D eigenvalue weighted by molar-refractivity contribution is 5.84. The average molecular weight is 337 g/mol. The normalized spacial score (nSPS) is 11.6. The number of alkyl halides is 3. The Morgan fingerprint density at radius 1 is 1.25 bits per heavy atom. The average Bonchev–Trinajstić information content (AvgIpc) is 2.88. The van der Waals surface area contributed by atoms with E-state index in [0.29, 0.717) is 30.1 Å². The molecule has 0 fully saturated rings. The van der Waals surface area contributed by atoms with E-state index in [9.17, 15) is 13.2 Å². The number of fused-ring (bicyclic) bond motifs is 1. The molecule has 0 bridgehead atoms. The van der Waals surface area contributed by atoms with Crippen LogP contribution >= 0.6 is 0 Å². The van der Waals surface area contributed by atoms with Crippen LogP contribution < -0.4 is 15.8 Å². The van der Waals surface area contributed by atoms with E-state index < -0.39 is 6.36 Å². The molecule has 0 aliphatic heterocycles. The summed E-state index contributed by atoms with van der Waals surface area (Å²) in [5.41, 5.74) is 7.16. The summed E-state index contributed by atoms with van der Waals surface area (Å²) < 4.78 is 40.9. The topological polar surface area (TPSA) is 88.8 Å². The Labute approximate surface area is 134 Å². The van der Waals surface area contributed by atoms with E-state index in [0.717, 1.165) is 11.1 Å². The van der Waals surface area contributed by atoms with Gasteiger partial charge in [-0.15, -0.1) is 13.2 Å². The minimum Gasteiger partial charge on any atom is -0.406 e. The van der Waals surface area contributed by atoms with Crippen molar-refractivity contribution in [1.82, 2.24) is 15.0 Å². The van der Waals surface area contributed by atoms with Crippen LogP contribution in [0.1, 0.15) is 5.56 Å². The van der Waals surface area contributed by atoms with Gasteiger partial charge in [-0.1, -0.05) is 0 Å². The summed E-state index contributed by atoms with van der Waals surface area (Å²) in [5.74, 6) is 0.507. The van der Waals surface area contributed by atoms with Gasteiger partial charge in [0.25, 0.3) is 0 Å². The molecular weight excluding hydrogens is 323 g/mol. The Hall–Kier alpha value is -2.97. The summed E-state index contributed by atoms with van der Waals surface area (Å²) in [6, 6.07) is 5.77. The standard InChI is InChI=1S/C15H14F3N5O/c16-15(17,18)24-10-1-2-12-11(7-10)9(8-22-12)3-5-20-14-21-6-4-13(19)23-14/h1-2,4,6-8,22H,3,5H2,(H3,19,20,21,23). The lowest BCUT2D eigenvalue weighted by atomic mass is 10.1. The third-order valence-electron chi connectivity index (χ3n) is 3.33. The van der Waals surface area contributed by atoms with Crippen LogP contribution in [0.4, 0.5) is 24.9 Å². The number of nitrogens with zero attached hydrogens (tertiary/aromatic N) is 2. The lowest BCUT2D eigenvalue weighted by molar-refractivity contribution is -0.274. The number of benzene rings is 1. The van der Waals surface area contributed by atoms with Crippen LogP contribution in [0.5, 0.6) is 5.75 Å². The van der Waals surface area contributed by atoms with Gasteiger partial charge in [0, 0.05) is 29.8 Å². The molecule has 0 spiro atoms. The van der Waals surface area contributed by atoms with Gasteiger partial charge in [0.05, 0.1) is 0 Å². The number of nitrogen functional groups attached to an aromatic ring is 1. The summed E-state index contributed by atoms with van der Waals surface area (Å²) >= 11 is 0. The first-order valence-electron chi connectivity index (χ1n) is 7.09. The predicted molar refractivity (Wildman–Crippen MR) is 83.6 cm³/mol. The molecule has 2 aromatic heterocycles. The molecule has 4 N–H and O–H groups in total. The number of nitrogens with two attached hydrogens (primary N) is 1. The minimum absolute atomic E-state index is 0.247. The van der Waals surface area contributed by atoms with Crippen molar-refractivity contribution in [2.45, 2.75) is 12.8 Å². The van der Waals surface area contributed by atoms with Crippen LogP contribution in [0.25, 0.3) is 10.9 Å². The molecule has 1 aromatic carbocycles. The van der Waals surface area contributed by atoms with Gasteiger partial charge in [0.1, 0.15) is 11.6 Å². The molecule has 0 saturated carbocycles. The Bertz CT molecular complexity index is 846. The number of hydrogen-bond acceptors (Lipinski definition) is 5. The Kier molecular flexibility index (Phi) is 4.15. The molecule has 3 rings (SSSR count). The quantitative estimate of drug-likeness (QED) is 0.666. The van der Waals surface area contributed by atoms with Crippen LogP contribution in [0.2, 0.25) is 0 Å². The molecule has 24 heavy (non-hydrogen) atoms. The number of H-pyrrole nitrogens is 1. The monoisotopic (exact) mass is 337 g/mol. The lowest BCUT2D eigenvalue weighted by Crippen LogP contribution is -2.17. The molecular formula is C15H14F3N5O. The van der Waals surface area contributed by atoms with Crippen molar-refractivity contribution in [2.24, 2.45) is 0 Å². The summed E-state index contributed by atoms with van der Waals surface area (Å²) in [7, 11) is 0. The molecule has 0 unspecified atom stereocenters. The smallest absolute Gasteiger partial charge is 0.406 e. The Morgan fingerprint density at radius 3 is 2.83 bits per heavy atom. The molecule has 126 valence electrons. The fourth-order valence-corrected chi connectivity index (χ4v) is 2.33. The third kappa shape index (κ3) is 3.86. The third-order valence-corrected chi connectivity index (χ3v) is 3.33. The van der Waals surface area contributed by atoms with Crippen LogP contribution in [0.3, 0.4) is 0 Å². The fraction of sp³-hybridized carbons (Fsp3) is 0.200. The number of halogens is 3. The van der Waals surface area contributed by atoms with Gasteiger partial charge < -0.3 is 20.8 Å². The molecule has 2 heterocycles. The van der Waals surface area contributed by atoms with Crippen molar-refractivity contribution < 1.29 is 17.9 Å². The number of anilines is 2. The van der Waals surface area contributed by atoms with Crippen molar-refractivity contribution in [1.29, 1.82) is 0 Å². The van der Waals surface area contributed by atoms with Gasteiger partial charge in [0.2, 0.25) is 5.95 Å². The van der Waals surface area contributed by atoms with E-state index in [4.69, 9.17) is 5.73 Å². The number of hydrogen-bond donors (Lipinski definition) is 3. The molecule has 6 nitrogen and oxygen atoms in total. The first kappa shape index (κ1) is 15.9. The molecule has 3 aromatic rings. The van der Waals surface area contributed by atoms with Gasteiger partial charge in [-0.05, 0) is 36.2 Å². The molecule has 0 aliphatic rings. The minimum atomic E-state index is -4.71. The molecule has 0 atom stereocenters. The summed E-state index contributed by atoms with van der Waals surface area (Å²) in [6.07, 6.45) is -0.856. The zero-order chi connectivity index (χ0) is 17.2. The molecule has 0 radical (unpaired) electrons. The Morgan fingerprint density at radius 2 is 2.08 bits per heavy atom. The van der Waals surface area contributed by atoms with E-state index in [1.54, 1.807) is 18.3 Å². The zero-order valence-electron chi connectivity index (χ0n) is 12.4. The lowest BCUT2D eigenvalue weighted by Gasteiger charge is -2.09. The van der Waals surface area contributed by atoms with E-state index in [1.165, 1.54) is 18.3 Å². The second-order valence-corrected chi connectivity index (χ2v) is 5.05. The number of nitrogens with one attached hydrogen (secondary N) is 2. The van der Waals surface area contributed by atoms with E-state index >= 15 is 0 Å². The number of aromatic amines is 1. The fourth-order valence-electron chi connectivity index (χ4n) is 2.33. The largest absolute Gasteiger partial charge is 0.573 e. The van der Waals surface area contributed by atoms with E-state index in [-0.39, 0.29) is 5.75 Å². The van der Waals surface area contributed by atoms with Crippen molar-refractivity contribution in [2.75, 3.05) is 17.6 Å². The van der Waals surface area contributed by atoms with Gasteiger partial charge in [-0.2, -0.15) is 4.98 Å². The first-order valence-corrected chi connectivity index (χ1v) is 7.09. The van der Waals surface area contributed by atoms with Gasteiger partial charge in [0.15, 0.2) is 0 Å². The number of ether oxygens (including phenoxy) is 1. The van der Waals surface area contributed by atoms with Gasteiger partial charge in [-0.3, -0.25) is 0 Å². The summed E-state index contributed by atoms with van der Waals surface area (Å²) in [4.78, 5) is 11.1. The van der Waals surface area contributed by atoms with Crippen molar-refractivity contribution in [3.05, 3.63) is 42.2 Å². The highest BCUT2D eigenvalue weighted by Gasteiger charge is 2.31. The zero-order valence-corrected chi connectivity index (χ0v) is 12.4. The second kappa shape index (κ2) is 6.26. The van der Waals surface area contributed by atoms with Crippen molar-refractivity contribution in [3.8, 4) is 5.75 Å². The highest BCUT2D eigenvalue weighted by atomic mass is 19.4. The number of rotatable bonds is 5. The highest BCUT2D eigenvalue weighted by Crippen LogP contribution is 2.28.